The first-order valence-corrected chi connectivity index (χ1v) is 18.5. The van der Waals surface area contributed by atoms with E-state index >= 15 is 0 Å². The van der Waals surface area contributed by atoms with Crippen molar-refractivity contribution in [3.8, 4) is 0 Å². The Morgan fingerprint density at radius 2 is 2.00 bits per heavy atom. The van der Waals surface area contributed by atoms with Crippen molar-refractivity contribution in [1.82, 2.24) is 0 Å². The molecule has 0 bridgehead atoms. The SMILES string of the molecule is [CH3][Sn]([CH3])[O][Sn]([CH3])([CH3])[N]=C=S. The van der Waals surface area contributed by atoms with Crippen LogP contribution in [-0.2, 0) is 1.41 Å². The van der Waals surface area contributed by atoms with E-state index in [-0.39, 0.29) is 0 Å². The van der Waals surface area contributed by atoms with Gasteiger partial charge in [0, 0.05) is 0 Å². The monoisotopic (exact) mass is 374 g/mol. The Bertz CT molecular complexity index is 154. The van der Waals surface area contributed by atoms with Gasteiger partial charge in [0.15, 0.2) is 0 Å². The van der Waals surface area contributed by atoms with E-state index in [4.69, 9.17) is 1.41 Å². The molecule has 0 amide bonds. The molecule has 0 aromatic carbocycles. The van der Waals surface area contributed by atoms with Crippen molar-refractivity contribution in [3.63, 3.8) is 0 Å². The fourth-order valence-electron chi connectivity index (χ4n) is 0.632. The molecular formula is C5H12NOSSn2. The van der Waals surface area contributed by atoms with Crippen LogP contribution in [0.4, 0.5) is 0 Å². The molecule has 0 aliphatic carbocycles. The van der Waals surface area contributed by atoms with Gasteiger partial charge in [0.2, 0.25) is 0 Å². The molecule has 0 aromatic heterocycles. The van der Waals surface area contributed by atoms with E-state index in [1.807, 2.05) is 0 Å². The van der Waals surface area contributed by atoms with Crippen molar-refractivity contribution in [2.45, 2.75) is 19.8 Å². The first-order valence-electron chi connectivity index (χ1n) is 3.06. The van der Waals surface area contributed by atoms with Crippen molar-refractivity contribution in [3.05, 3.63) is 0 Å². The Kier molecular flexibility index (Phi) is 5.77. The van der Waals surface area contributed by atoms with Crippen molar-refractivity contribution >= 4 is 56.6 Å². The van der Waals surface area contributed by atoms with Gasteiger partial charge in [0.1, 0.15) is 0 Å². The van der Waals surface area contributed by atoms with Gasteiger partial charge >= 0.3 is 81.0 Å². The number of hydrogen-bond donors (Lipinski definition) is 0. The summed E-state index contributed by atoms with van der Waals surface area (Å²) < 4.78 is 9.89. The first-order chi connectivity index (χ1) is 4.48. The average molecular weight is 372 g/mol. The van der Waals surface area contributed by atoms with Crippen LogP contribution >= 0.6 is 12.2 Å². The van der Waals surface area contributed by atoms with Crippen LogP contribution in [0.15, 0.2) is 3.21 Å². The summed E-state index contributed by atoms with van der Waals surface area (Å²) in [6.45, 7) is 0. The molecule has 57 valence electrons. The molecule has 0 aliphatic heterocycles. The molecule has 0 spiro atoms. The number of nitrogens with zero attached hydrogens (tertiary/aromatic N) is 1. The topological polar surface area (TPSA) is 21.6 Å². The maximum absolute atomic E-state index is 5.79. The zero-order chi connectivity index (χ0) is 8.20. The summed E-state index contributed by atoms with van der Waals surface area (Å²) in [5.74, 6) is 0. The summed E-state index contributed by atoms with van der Waals surface area (Å²) in [7, 11) is 0. The van der Waals surface area contributed by atoms with Crippen LogP contribution in [0.1, 0.15) is 0 Å². The van der Waals surface area contributed by atoms with E-state index in [2.05, 4.69) is 40.4 Å². The third-order valence-electron chi connectivity index (χ3n) is 0.769. The molecule has 10 heavy (non-hydrogen) atoms. The van der Waals surface area contributed by atoms with Crippen molar-refractivity contribution in [2.75, 3.05) is 0 Å². The van der Waals surface area contributed by atoms with E-state index in [0.717, 1.165) is 0 Å². The molecular weight excluding hydrogens is 360 g/mol. The second-order valence-corrected chi connectivity index (χ2v) is 21.4. The maximum atomic E-state index is 5.79. The fraction of sp³-hybridized carbons (Fsp3) is 0.800. The van der Waals surface area contributed by atoms with Crippen LogP contribution in [0.5, 0.6) is 0 Å². The van der Waals surface area contributed by atoms with Crippen molar-refractivity contribution in [2.24, 2.45) is 3.21 Å². The van der Waals surface area contributed by atoms with Crippen LogP contribution in [0.2, 0.25) is 19.8 Å². The molecule has 0 heterocycles. The molecule has 0 N–H and O–H groups in total. The van der Waals surface area contributed by atoms with Crippen LogP contribution in [0.25, 0.3) is 0 Å². The van der Waals surface area contributed by atoms with Crippen LogP contribution < -0.4 is 0 Å². The molecule has 5 heteroatoms. The van der Waals surface area contributed by atoms with Gasteiger partial charge in [-0.25, -0.2) is 0 Å². The van der Waals surface area contributed by atoms with Gasteiger partial charge in [-0.15, -0.1) is 0 Å². The Morgan fingerprint density at radius 1 is 1.50 bits per heavy atom. The van der Waals surface area contributed by atoms with E-state index in [1.165, 1.54) is 0 Å². The molecule has 0 aromatic rings. The van der Waals surface area contributed by atoms with Gasteiger partial charge in [0.05, 0.1) is 0 Å². The molecule has 0 aliphatic rings. The Morgan fingerprint density at radius 3 is 2.30 bits per heavy atom. The Balaban J connectivity index is 3.98. The van der Waals surface area contributed by atoms with Gasteiger partial charge in [-0.3, -0.25) is 0 Å². The predicted molar refractivity (Wildman–Crippen MR) is 51.1 cm³/mol. The van der Waals surface area contributed by atoms with Crippen molar-refractivity contribution < 1.29 is 1.41 Å². The molecule has 2 nitrogen and oxygen atoms in total. The normalized spacial score (nSPS) is 11.3. The minimum atomic E-state index is -2.45. The molecule has 0 rings (SSSR count). The van der Waals surface area contributed by atoms with E-state index < -0.39 is 39.2 Å². The van der Waals surface area contributed by atoms with Crippen LogP contribution in [0, 0.1) is 0 Å². The number of hydrogen-bond acceptors (Lipinski definition) is 3. The Hall–Kier alpha value is 1.36. The number of rotatable bonds is 3. The third-order valence-corrected chi connectivity index (χ3v) is 23.1. The zero-order valence-electron chi connectivity index (χ0n) is 6.76. The van der Waals surface area contributed by atoms with E-state index in [1.54, 1.807) is 0 Å². The fourth-order valence-corrected chi connectivity index (χ4v) is 25.7. The standard InChI is InChI=1S/CNS.4CH3.O.2Sn/c2-1-3;;;;;;;/h;4*1H3;;;/q-1;;;;;;;+1. The summed E-state index contributed by atoms with van der Waals surface area (Å²) in [5.41, 5.74) is 0. The molecule has 0 saturated heterocycles. The summed E-state index contributed by atoms with van der Waals surface area (Å²) in [4.78, 5) is 8.64. The van der Waals surface area contributed by atoms with Crippen LogP contribution in [-0.4, -0.2) is 44.4 Å². The van der Waals surface area contributed by atoms with Gasteiger partial charge in [-0.1, -0.05) is 0 Å². The number of isothiocyanates is 1. The summed E-state index contributed by atoms with van der Waals surface area (Å²) >= 11 is 0.673. The molecule has 0 saturated carbocycles. The van der Waals surface area contributed by atoms with Gasteiger partial charge in [-0.05, 0) is 0 Å². The van der Waals surface area contributed by atoms with E-state index in [9.17, 15) is 0 Å². The van der Waals surface area contributed by atoms with E-state index in [0.29, 0.717) is 0 Å². The minimum absolute atomic E-state index is 1.40. The predicted octanol–water partition coefficient (Wildman–Crippen LogP) is 2.06. The second-order valence-electron chi connectivity index (χ2n) is 2.66. The quantitative estimate of drug-likeness (QED) is 0.430. The van der Waals surface area contributed by atoms with Gasteiger partial charge < -0.3 is 0 Å². The average Bonchev–Trinajstić information content (AvgIpc) is 1.59. The molecule has 0 fully saturated rings. The van der Waals surface area contributed by atoms with Crippen molar-refractivity contribution in [1.29, 1.82) is 0 Å². The molecule has 0 unspecified atom stereocenters. The van der Waals surface area contributed by atoms with Gasteiger partial charge in [-0.2, -0.15) is 0 Å². The summed E-state index contributed by atoms with van der Waals surface area (Å²) in [5, 5.41) is 2.42. The molecule has 0 atom stereocenters. The number of thiocarbonyl (C=S) groups is 1. The summed E-state index contributed by atoms with van der Waals surface area (Å²) in [6.07, 6.45) is 0. The summed E-state index contributed by atoms with van der Waals surface area (Å²) in [6, 6.07) is 0. The third kappa shape index (κ3) is 6.09. The molecule has 1 radical (unpaired) electrons. The van der Waals surface area contributed by atoms with Gasteiger partial charge in [0.25, 0.3) is 0 Å². The van der Waals surface area contributed by atoms with Crippen LogP contribution in [0.3, 0.4) is 0 Å². The zero-order valence-corrected chi connectivity index (χ0v) is 13.3. The Labute approximate surface area is 80.1 Å². The second kappa shape index (κ2) is 5.08. The first kappa shape index (κ1) is 11.4.